The maximum absolute atomic E-state index is 13.9. The molecule has 2 amide bonds. The summed E-state index contributed by atoms with van der Waals surface area (Å²) < 4.78 is 13.9. The van der Waals surface area contributed by atoms with Crippen LogP contribution in [0.3, 0.4) is 0 Å². The van der Waals surface area contributed by atoms with Gasteiger partial charge in [-0.3, -0.25) is 9.59 Å². The van der Waals surface area contributed by atoms with E-state index in [0.29, 0.717) is 5.56 Å². The van der Waals surface area contributed by atoms with Crippen molar-refractivity contribution >= 4 is 17.5 Å². The predicted octanol–water partition coefficient (Wildman–Crippen LogP) is 4.63. The van der Waals surface area contributed by atoms with Crippen molar-refractivity contribution in [3.63, 3.8) is 0 Å². The van der Waals surface area contributed by atoms with Crippen molar-refractivity contribution in [1.29, 1.82) is 0 Å². The second-order valence-electron chi connectivity index (χ2n) is 6.54. The van der Waals surface area contributed by atoms with Crippen molar-refractivity contribution < 1.29 is 14.0 Å². The molecular weight excluding hydrogens is 355 g/mol. The molecule has 0 bridgehead atoms. The van der Waals surface area contributed by atoms with Crippen LogP contribution in [0.1, 0.15) is 33.9 Å². The Labute approximate surface area is 163 Å². The van der Waals surface area contributed by atoms with Crippen molar-refractivity contribution in [2.45, 2.75) is 19.4 Å². The normalized spacial score (nSPS) is 11.5. The van der Waals surface area contributed by atoms with E-state index in [0.717, 1.165) is 11.1 Å². The molecule has 3 aromatic carbocycles. The zero-order valence-electron chi connectivity index (χ0n) is 15.5. The third-order valence-electron chi connectivity index (χ3n) is 4.33. The first kappa shape index (κ1) is 19.3. The first-order chi connectivity index (χ1) is 13.5. The Hall–Kier alpha value is -3.47. The van der Waals surface area contributed by atoms with E-state index in [2.05, 4.69) is 10.6 Å². The highest BCUT2D eigenvalue weighted by atomic mass is 19.1. The van der Waals surface area contributed by atoms with E-state index in [4.69, 9.17) is 0 Å². The van der Waals surface area contributed by atoms with Gasteiger partial charge in [0.2, 0.25) is 5.91 Å². The van der Waals surface area contributed by atoms with Crippen LogP contribution in [0.25, 0.3) is 0 Å². The average molecular weight is 376 g/mol. The molecule has 1 atom stereocenters. The minimum Gasteiger partial charge on any atom is -0.345 e. The molecule has 0 heterocycles. The molecule has 3 rings (SSSR count). The molecule has 3 aromatic rings. The molecule has 1 unspecified atom stereocenters. The SMILES string of the molecule is Cc1ccc(F)c(NC(=O)CC(NC(=O)c2ccccc2)c2ccccc2)c1. The maximum Gasteiger partial charge on any atom is 0.251 e. The number of halogens is 1. The molecule has 0 aliphatic carbocycles. The van der Waals surface area contributed by atoms with Crippen molar-refractivity contribution in [2.75, 3.05) is 5.32 Å². The first-order valence-electron chi connectivity index (χ1n) is 9.00. The van der Waals surface area contributed by atoms with Crippen LogP contribution >= 0.6 is 0 Å². The second kappa shape index (κ2) is 8.95. The Kier molecular flexibility index (Phi) is 6.17. The van der Waals surface area contributed by atoms with Gasteiger partial charge in [-0.15, -0.1) is 0 Å². The van der Waals surface area contributed by atoms with Crippen LogP contribution in [-0.2, 0) is 4.79 Å². The van der Waals surface area contributed by atoms with Gasteiger partial charge < -0.3 is 10.6 Å². The van der Waals surface area contributed by atoms with Gasteiger partial charge in [0, 0.05) is 5.56 Å². The van der Waals surface area contributed by atoms with Gasteiger partial charge in [-0.25, -0.2) is 4.39 Å². The van der Waals surface area contributed by atoms with Gasteiger partial charge in [0.05, 0.1) is 18.2 Å². The number of amides is 2. The Morgan fingerprint density at radius 2 is 1.57 bits per heavy atom. The Balaban J connectivity index is 1.76. The molecule has 0 aliphatic rings. The summed E-state index contributed by atoms with van der Waals surface area (Å²) in [6.45, 7) is 1.82. The summed E-state index contributed by atoms with van der Waals surface area (Å²) >= 11 is 0. The maximum atomic E-state index is 13.9. The smallest absolute Gasteiger partial charge is 0.251 e. The summed E-state index contributed by atoms with van der Waals surface area (Å²) in [5, 5.41) is 5.50. The lowest BCUT2D eigenvalue weighted by Crippen LogP contribution is -2.31. The van der Waals surface area contributed by atoms with Crippen molar-refractivity contribution in [2.24, 2.45) is 0 Å². The predicted molar refractivity (Wildman–Crippen MR) is 107 cm³/mol. The lowest BCUT2D eigenvalue weighted by atomic mass is 10.0. The summed E-state index contributed by atoms with van der Waals surface area (Å²) in [5.41, 5.74) is 2.28. The van der Waals surface area contributed by atoms with Gasteiger partial charge in [0.15, 0.2) is 0 Å². The van der Waals surface area contributed by atoms with Gasteiger partial charge in [-0.1, -0.05) is 54.6 Å². The van der Waals surface area contributed by atoms with E-state index in [1.807, 2.05) is 43.3 Å². The van der Waals surface area contributed by atoms with Crippen LogP contribution in [0.15, 0.2) is 78.9 Å². The fourth-order valence-electron chi connectivity index (χ4n) is 2.89. The molecule has 0 fully saturated rings. The quantitative estimate of drug-likeness (QED) is 0.659. The third-order valence-corrected chi connectivity index (χ3v) is 4.33. The molecule has 2 N–H and O–H groups in total. The van der Waals surface area contributed by atoms with Gasteiger partial charge in [-0.2, -0.15) is 0 Å². The lowest BCUT2D eigenvalue weighted by molar-refractivity contribution is -0.116. The van der Waals surface area contributed by atoms with Crippen LogP contribution in [-0.4, -0.2) is 11.8 Å². The second-order valence-corrected chi connectivity index (χ2v) is 6.54. The Morgan fingerprint density at radius 1 is 0.929 bits per heavy atom. The van der Waals surface area contributed by atoms with E-state index in [-0.39, 0.29) is 23.9 Å². The minimum absolute atomic E-state index is 0.0179. The summed E-state index contributed by atoms with van der Waals surface area (Å²) in [6.07, 6.45) is -0.0179. The van der Waals surface area contributed by atoms with E-state index in [9.17, 15) is 14.0 Å². The van der Waals surface area contributed by atoms with Gasteiger partial charge >= 0.3 is 0 Å². The summed E-state index contributed by atoms with van der Waals surface area (Å²) in [6, 6.07) is 22.0. The van der Waals surface area contributed by atoms with Crippen LogP contribution in [0.5, 0.6) is 0 Å². The number of hydrogen-bond donors (Lipinski definition) is 2. The number of carbonyl (C=O) groups excluding carboxylic acids is 2. The number of benzene rings is 3. The molecule has 4 nitrogen and oxygen atoms in total. The molecule has 0 saturated carbocycles. The minimum atomic E-state index is -0.540. The van der Waals surface area contributed by atoms with Crippen LogP contribution in [0.2, 0.25) is 0 Å². The number of nitrogens with one attached hydrogen (secondary N) is 2. The van der Waals surface area contributed by atoms with Crippen LogP contribution < -0.4 is 10.6 Å². The topological polar surface area (TPSA) is 58.2 Å². The average Bonchev–Trinajstić information content (AvgIpc) is 2.71. The highest BCUT2D eigenvalue weighted by molar-refractivity contribution is 5.95. The van der Waals surface area contributed by atoms with Crippen LogP contribution in [0.4, 0.5) is 10.1 Å². The summed E-state index contributed by atoms with van der Waals surface area (Å²) in [7, 11) is 0. The molecule has 0 radical (unpaired) electrons. The van der Waals surface area contributed by atoms with Gasteiger partial charge in [0.25, 0.3) is 5.91 Å². The number of carbonyl (C=O) groups is 2. The van der Waals surface area contributed by atoms with Crippen LogP contribution in [0, 0.1) is 12.7 Å². The van der Waals surface area contributed by atoms with E-state index < -0.39 is 11.9 Å². The lowest BCUT2D eigenvalue weighted by Gasteiger charge is -2.19. The fourth-order valence-corrected chi connectivity index (χ4v) is 2.89. The zero-order chi connectivity index (χ0) is 19.9. The molecular formula is C23H21FN2O2. The summed E-state index contributed by atoms with van der Waals surface area (Å²) in [4.78, 5) is 25.1. The first-order valence-corrected chi connectivity index (χ1v) is 9.00. The highest BCUT2D eigenvalue weighted by Crippen LogP contribution is 2.20. The molecule has 142 valence electrons. The van der Waals surface area contributed by atoms with Crippen molar-refractivity contribution in [3.05, 3.63) is 101 Å². The van der Waals surface area contributed by atoms with Crippen molar-refractivity contribution in [3.8, 4) is 0 Å². The van der Waals surface area contributed by atoms with Gasteiger partial charge in [-0.05, 0) is 42.3 Å². The zero-order valence-corrected chi connectivity index (χ0v) is 15.5. The highest BCUT2D eigenvalue weighted by Gasteiger charge is 2.20. The standard InChI is InChI=1S/C23H21FN2O2/c1-16-12-13-19(24)21(14-16)25-22(27)15-20(17-8-4-2-5-9-17)26-23(28)18-10-6-3-7-11-18/h2-14,20H,15H2,1H3,(H,25,27)(H,26,28). The van der Waals surface area contributed by atoms with Gasteiger partial charge in [0.1, 0.15) is 5.82 Å². The Morgan fingerprint density at radius 3 is 2.25 bits per heavy atom. The molecule has 0 spiro atoms. The van der Waals surface area contributed by atoms with E-state index in [1.165, 1.54) is 6.07 Å². The number of hydrogen-bond acceptors (Lipinski definition) is 2. The monoisotopic (exact) mass is 376 g/mol. The Bertz CT molecular complexity index is 959. The number of aryl methyl sites for hydroxylation is 1. The summed E-state index contributed by atoms with van der Waals surface area (Å²) in [5.74, 6) is -1.15. The number of anilines is 1. The van der Waals surface area contributed by atoms with E-state index >= 15 is 0 Å². The van der Waals surface area contributed by atoms with E-state index in [1.54, 1.807) is 36.4 Å². The fraction of sp³-hybridized carbons (Fsp3) is 0.130. The van der Waals surface area contributed by atoms with Crippen molar-refractivity contribution in [1.82, 2.24) is 5.32 Å². The third kappa shape index (κ3) is 5.04. The molecule has 0 saturated heterocycles. The molecule has 28 heavy (non-hydrogen) atoms. The molecule has 0 aliphatic heterocycles. The largest absolute Gasteiger partial charge is 0.345 e. The molecule has 5 heteroatoms. The molecule has 0 aromatic heterocycles. The number of rotatable bonds is 6.